The number of alkyl halides is 1. The predicted octanol–water partition coefficient (Wildman–Crippen LogP) is 0.689. The minimum absolute atomic E-state index is 0.0469. The van der Waals surface area contributed by atoms with E-state index in [2.05, 4.69) is 4.98 Å². The van der Waals surface area contributed by atoms with E-state index in [1.807, 2.05) is 24.9 Å². The standard InChI is InChI=1S/C9H12ClN3O/c1-6-7(10)5-13-8(12(6)2)3-4-11-9(13)14/h3-4,6-7H,5H2,1-2H3. The molecule has 0 spiro atoms. The van der Waals surface area contributed by atoms with Gasteiger partial charge < -0.3 is 4.90 Å². The number of aromatic nitrogens is 2. The van der Waals surface area contributed by atoms with Gasteiger partial charge in [-0.3, -0.25) is 4.57 Å². The van der Waals surface area contributed by atoms with Gasteiger partial charge in [0.2, 0.25) is 0 Å². The molecule has 0 aliphatic carbocycles. The van der Waals surface area contributed by atoms with Crippen LogP contribution in [0.2, 0.25) is 0 Å². The molecule has 0 radical (unpaired) electrons. The summed E-state index contributed by atoms with van der Waals surface area (Å²) in [5, 5.41) is -0.0469. The van der Waals surface area contributed by atoms with Crippen LogP contribution in [0.25, 0.3) is 0 Å². The van der Waals surface area contributed by atoms with Gasteiger partial charge in [0.15, 0.2) is 0 Å². The van der Waals surface area contributed by atoms with Gasteiger partial charge in [-0.15, -0.1) is 11.6 Å². The van der Waals surface area contributed by atoms with Gasteiger partial charge in [0.05, 0.1) is 5.38 Å². The summed E-state index contributed by atoms with van der Waals surface area (Å²) in [6.45, 7) is 2.58. The normalized spacial score (nSPS) is 26.1. The molecular formula is C9H12ClN3O. The smallest absolute Gasteiger partial charge is 0.349 e. The number of anilines is 1. The minimum Gasteiger partial charge on any atom is -0.357 e. The molecule has 2 unspecified atom stereocenters. The molecule has 2 rings (SSSR count). The van der Waals surface area contributed by atoms with Crippen molar-refractivity contribution in [3.63, 3.8) is 0 Å². The van der Waals surface area contributed by atoms with Crippen molar-refractivity contribution in [1.29, 1.82) is 0 Å². The molecule has 0 saturated carbocycles. The Hall–Kier alpha value is -1.03. The molecule has 0 fully saturated rings. The van der Waals surface area contributed by atoms with E-state index in [9.17, 15) is 4.79 Å². The average molecular weight is 214 g/mol. The third kappa shape index (κ3) is 1.30. The second-order valence-corrected chi connectivity index (χ2v) is 4.12. The lowest BCUT2D eigenvalue weighted by atomic mass is 10.1. The Bertz CT molecular complexity index is 403. The molecule has 2 heterocycles. The zero-order chi connectivity index (χ0) is 10.3. The first kappa shape index (κ1) is 9.52. The number of hydrogen-bond donors (Lipinski definition) is 0. The summed E-state index contributed by atoms with van der Waals surface area (Å²) in [5.74, 6) is 0.884. The van der Waals surface area contributed by atoms with E-state index in [0.29, 0.717) is 6.54 Å². The third-order valence-corrected chi connectivity index (χ3v) is 3.27. The van der Waals surface area contributed by atoms with Crippen LogP contribution in [0.15, 0.2) is 17.1 Å². The van der Waals surface area contributed by atoms with Crippen LogP contribution in [-0.2, 0) is 6.54 Å². The zero-order valence-corrected chi connectivity index (χ0v) is 8.90. The highest BCUT2D eigenvalue weighted by Crippen LogP contribution is 2.23. The molecule has 14 heavy (non-hydrogen) atoms. The largest absolute Gasteiger partial charge is 0.357 e. The van der Waals surface area contributed by atoms with E-state index in [-0.39, 0.29) is 17.1 Å². The van der Waals surface area contributed by atoms with Crippen molar-refractivity contribution < 1.29 is 0 Å². The summed E-state index contributed by atoms with van der Waals surface area (Å²) < 4.78 is 1.61. The number of rotatable bonds is 0. The van der Waals surface area contributed by atoms with Gasteiger partial charge in [-0.25, -0.2) is 9.78 Å². The number of nitrogens with zero attached hydrogens (tertiary/aromatic N) is 3. The van der Waals surface area contributed by atoms with Crippen LogP contribution in [0, 0.1) is 0 Å². The fourth-order valence-corrected chi connectivity index (χ4v) is 1.99. The topological polar surface area (TPSA) is 38.1 Å². The van der Waals surface area contributed by atoms with E-state index in [4.69, 9.17) is 11.6 Å². The van der Waals surface area contributed by atoms with Gasteiger partial charge in [-0.05, 0) is 13.0 Å². The molecule has 0 N–H and O–H groups in total. The molecule has 0 aromatic carbocycles. The molecule has 0 saturated heterocycles. The summed E-state index contributed by atoms with van der Waals surface area (Å²) in [7, 11) is 1.94. The Balaban J connectivity index is 2.56. The van der Waals surface area contributed by atoms with E-state index in [1.165, 1.54) is 6.20 Å². The van der Waals surface area contributed by atoms with Crippen LogP contribution in [0.3, 0.4) is 0 Å². The Labute approximate surface area is 87.1 Å². The van der Waals surface area contributed by atoms with E-state index in [1.54, 1.807) is 4.57 Å². The summed E-state index contributed by atoms with van der Waals surface area (Å²) >= 11 is 6.13. The maximum absolute atomic E-state index is 11.4. The van der Waals surface area contributed by atoms with Gasteiger partial charge >= 0.3 is 5.69 Å². The molecule has 0 bridgehead atoms. The molecule has 5 heteroatoms. The summed E-state index contributed by atoms with van der Waals surface area (Å²) in [4.78, 5) is 17.1. The molecule has 1 aromatic rings. The maximum atomic E-state index is 11.4. The van der Waals surface area contributed by atoms with Crippen LogP contribution in [0.4, 0.5) is 5.82 Å². The summed E-state index contributed by atoms with van der Waals surface area (Å²) in [6.07, 6.45) is 1.53. The summed E-state index contributed by atoms with van der Waals surface area (Å²) in [5.41, 5.74) is -0.230. The van der Waals surface area contributed by atoms with E-state index < -0.39 is 0 Å². The maximum Gasteiger partial charge on any atom is 0.349 e. The SMILES string of the molecule is CC1C(Cl)Cn2c(ccnc2=O)N1C. The average Bonchev–Trinajstić information content (AvgIpc) is 2.17. The molecule has 1 aliphatic heterocycles. The van der Waals surface area contributed by atoms with Crippen molar-refractivity contribution in [3.05, 3.63) is 22.7 Å². The molecule has 1 aliphatic rings. The van der Waals surface area contributed by atoms with Crippen molar-refractivity contribution in [3.8, 4) is 0 Å². The summed E-state index contributed by atoms with van der Waals surface area (Å²) in [6, 6.07) is 2.07. The van der Waals surface area contributed by atoms with E-state index >= 15 is 0 Å². The third-order valence-electron chi connectivity index (χ3n) is 2.77. The second kappa shape index (κ2) is 3.28. The first-order valence-corrected chi connectivity index (χ1v) is 4.97. The van der Waals surface area contributed by atoms with Crippen molar-refractivity contribution in [2.75, 3.05) is 11.9 Å². The molecular weight excluding hydrogens is 202 g/mol. The van der Waals surface area contributed by atoms with Gasteiger partial charge in [0.1, 0.15) is 5.82 Å². The lowest BCUT2D eigenvalue weighted by molar-refractivity contribution is 0.487. The van der Waals surface area contributed by atoms with Crippen molar-refractivity contribution in [2.24, 2.45) is 0 Å². The fraction of sp³-hybridized carbons (Fsp3) is 0.556. The van der Waals surface area contributed by atoms with E-state index in [0.717, 1.165) is 5.82 Å². The molecule has 2 atom stereocenters. The Morgan fingerprint density at radius 3 is 3.07 bits per heavy atom. The van der Waals surface area contributed by atoms with Gasteiger partial charge in [-0.1, -0.05) is 0 Å². The Morgan fingerprint density at radius 2 is 2.36 bits per heavy atom. The van der Waals surface area contributed by atoms with Crippen LogP contribution in [-0.4, -0.2) is 28.0 Å². The van der Waals surface area contributed by atoms with Crippen molar-refractivity contribution in [2.45, 2.75) is 24.9 Å². The highest BCUT2D eigenvalue weighted by atomic mass is 35.5. The number of halogens is 1. The highest BCUT2D eigenvalue weighted by Gasteiger charge is 2.27. The molecule has 76 valence electrons. The first-order valence-electron chi connectivity index (χ1n) is 4.54. The fourth-order valence-electron chi connectivity index (χ4n) is 1.68. The monoisotopic (exact) mass is 213 g/mol. The van der Waals surface area contributed by atoms with Crippen LogP contribution in [0.5, 0.6) is 0 Å². The predicted molar refractivity (Wildman–Crippen MR) is 56.0 cm³/mol. The lowest BCUT2D eigenvalue weighted by Gasteiger charge is -2.37. The van der Waals surface area contributed by atoms with Crippen LogP contribution in [0.1, 0.15) is 6.92 Å². The van der Waals surface area contributed by atoms with Gasteiger partial charge in [-0.2, -0.15) is 0 Å². The van der Waals surface area contributed by atoms with Crippen LogP contribution >= 0.6 is 11.6 Å². The molecule has 1 aromatic heterocycles. The van der Waals surface area contributed by atoms with Crippen molar-refractivity contribution in [1.82, 2.24) is 9.55 Å². The second-order valence-electron chi connectivity index (χ2n) is 3.56. The number of hydrogen-bond acceptors (Lipinski definition) is 3. The minimum atomic E-state index is -0.230. The lowest BCUT2D eigenvalue weighted by Crippen LogP contribution is -2.47. The quantitative estimate of drug-likeness (QED) is 0.596. The highest BCUT2D eigenvalue weighted by molar-refractivity contribution is 6.21. The Morgan fingerprint density at radius 1 is 1.64 bits per heavy atom. The van der Waals surface area contributed by atoms with Crippen LogP contribution < -0.4 is 10.6 Å². The Kier molecular flexibility index (Phi) is 2.23. The molecule has 0 amide bonds. The van der Waals surface area contributed by atoms with Crippen molar-refractivity contribution >= 4 is 17.4 Å². The first-order chi connectivity index (χ1) is 6.61. The number of fused-ring (bicyclic) bond motifs is 1. The molecule has 4 nitrogen and oxygen atoms in total. The van der Waals surface area contributed by atoms with Gasteiger partial charge in [0.25, 0.3) is 0 Å². The zero-order valence-electron chi connectivity index (χ0n) is 8.14. The van der Waals surface area contributed by atoms with Gasteiger partial charge in [0, 0.05) is 25.8 Å².